The Bertz CT molecular complexity index is 1480. The largest absolute Gasteiger partial charge is 0.487 e. The number of nitrogens with zero attached hydrogens (tertiary/aromatic N) is 3. The fourth-order valence-corrected chi connectivity index (χ4v) is 5.79. The highest BCUT2D eigenvalue weighted by Gasteiger charge is 2.38. The summed E-state index contributed by atoms with van der Waals surface area (Å²) < 4.78 is 100. The van der Waals surface area contributed by atoms with E-state index in [0.717, 1.165) is 16.4 Å². The van der Waals surface area contributed by atoms with Crippen molar-refractivity contribution in [1.29, 1.82) is 0 Å². The number of hydrogen-bond acceptors (Lipinski definition) is 5. The molecule has 0 bridgehead atoms. The number of carbonyl (C=O) groups is 1. The Morgan fingerprint density at radius 1 is 1.24 bits per heavy atom. The van der Waals surface area contributed by atoms with Crippen LogP contribution in [0.4, 0.5) is 33.3 Å². The molecule has 1 aliphatic rings. The Morgan fingerprint density at radius 2 is 1.95 bits per heavy atom. The van der Waals surface area contributed by atoms with Gasteiger partial charge in [0.25, 0.3) is 15.9 Å². The monoisotopic (exact) mass is 564 g/mol. The van der Waals surface area contributed by atoms with Crippen molar-refractivity contribution in [3.63, 3.8) is 0 Å². The Kier molecular flexibility index (Phi) is 6.84. The van der Waals surface area contributed by atoms with Gasteiger partial charge in [-0.3, -0.25) is 9.10 Å². The highest BCUT2D eigenvalue weighted by molar-refractivity contribution is 7.92. The lowest BCUT2D eigenvalue weighted by atomic mass is 10.1. The third-order valence-corrected chi connectivity index (χ3v) is 7.62. The first-order valence-corrected chi connectivity index (χ1v) is 12.4. The number of fused-ring (bicyclic) bond motifs is 1. The summed E-state index contributed by atoms with van der Waals surface area (Å²) in [6, 6.07) is 6.72. The second kappa shape index (κ2) is 9.49. The molecule has 4 rings (SSSR count). The first kappa shape index (κ1) is 26.7. The summed E-state index contributed by atoms with van der Waals surface area (Å²) in [6.45, 7) is -0.428. The maximum atomic E-state index is 13.4. The molecule has 8 nitrogen and oxygen atoms in total. The first-order valence-electron chi connectivity index (χ1n) is 10.5. The van der Waals surface area contributed by atoms with Crippen LogP contribution in [0.2, 0.25) is 5.02 Å². The zero-order chi connectivity index (χ0) is 27.3. The van der Waals surface area contributed by atoms with E-state index in [1.165, 1.54) is 25.1 Å². The van der Waals surface area contributed by atoms with Crippen LogP contribution >= 0.6 is 11.6 Å². The van der Waals surface area contributed by atoms with E-state index >= 15 is 0 Å². The number of nitrogens with one attached hydrogen (secondary N) is 1. The number of aromatic nitrogens is 2. The van der Waals surface area contributed by atoms with E-state index < -0.39 is 55.8 Å². The molecule has 0 unspecified atom stereocenters. The molecule has 0 aliphatic carbocycles. The molecule has 1 amide bonds. The first-order chi connectivity index (χ1) is 17.2. The summed E-state index contributed by atoms with van der Waals surface area (Å²) in [5.41, 5.74) is -2.34. The molecule has 0 spiro atoms. The average Bonchev–Trinajstić information content (AvgIpc) is 3.20. The quantitative estimate of drug-likeness (QED) is 0.414. The van der Waals surface area contributed by atoms with Crippen molar-refractivity contribution in [2.45, 2.75) is 37.6 Å². The third-order valence-electron chi connectivity index (χ3n) is 5.42. The summed E-state index contributed by atoms with van der Waals surface area (Å²) in [6.07, 6.45) is -4.79. The van der Waals surface area contributed by atoms with Crippen LogP contribution in [-0.2, 0) is 16.2 Å². The van der Waals surface area contributed by atoms with E-state index in [2.05, 4.69) is 10.4 Å². The van der Waals surface area contributed by atoms with Crippen molar-refractivity contribution < 1.29 is 39.9 Å². The number of ether oxygens (including phenoxy) is 1. The Labute approximate surface area is 212 Å². The van der Waals surface area contributed by atoms with Gasteiger partial charge >= 0.3 is 12.7 Å². The van der Waals surface area contributed by atoms with E-state index in [1.807, 2.05) is 0 Å². The molecule has 198 valence electrons. The van der Waals surface area contributed by atoms with Gasteiger partial charge in [0.15, 0.2) is 0 Å². The van der Waals surface area contributed by atoms with E-state index in [1.54, 1.807) is 6.92 Å². The van der Waals surface area contributed by atoms with Gasteiger partial charge in [0.05, 0.1) is 40.3 Å². The SMILES string of the molecule is Cc1nn(C(F)F)cc1S(=O)(=O)N1C[C@H](C)Oc2ccc(NC(=O)c3c(Cl)cccc3C(F)(F)F)cc21. The standard InChI is InChI=1S/C22H18ClF5N4O4S/c1-11-9-32(37(34,35)18-10-31(21(24)25)30-12(18)2)16-8-13(6-7-17(16)36-11)29-20(33)19-14(22(26,27)28)4-3-5-15(19)23/h3-8,10-11,21H,9H2,1-2H3,(H,29,33)/t11-/m0/s1. The van der Waals surface area contributed by atoms with Crippen LogP contribution in [0.1, 0.15) is 35.1 Å². The molecule has 0 saturated carbocycles. The van der Waals surface area contributed by atoms with Crippen LogP contribution < -0.4 is 14.4 Å². The van der Waals surface area contributed by atoms with Gasteiger partial charge < -0.3 is 10.1 Å². The predicted molar refractivity (Wildman–Crippen MR) is 124 cm³/mol. The van der Waals surface area contributed by atoms with Crippen LogP contribution in [0.3, 0.4) is 0 Å². The second-order valence-corrected chi connectivity index (χ2v) is 10.3. The molecule has 0 fully saturated rings. The summed E-state index contributed by atoms with van der Waals surface area (Å²) in [5, 5.41) is 5.41. The minimum Gasteiger partial charge on any atom is -0.487 e. The summed E-state index contributed by atoms with van der Waals surface area (Å²) in [4.78, 5) is 12.3. The lowest BCUT2D eigenvalue weighted by Crippen LogP contribution is -2.42. The highest BCUT2D eigenvalue weighted by atomic mass is 35.5. The summed E-state index contributed by atoms with van der Waals surface area (Å²) in [7, 11) is -4.43. The van der Waals surface area contributed by atoms with Crippen LogP contribution in [0.15, 0.2) is 47.5 Å². The molecule has 1 atom stereocenters. The van der Waals surface area contributed by atoms with Crippen LogP contribution in [0, 0.1) is 6.92 Å². The number of amides is 1. The fourth-order valence-electron chi connectivity index (χ4n) is 3.82. The number of anilines is 2. The van der Waals surface area contributed by atoms with Crippen LogP contribution in [-0.4, -0.2) is 36.8 Å². The van der Waals surface area contributed by atoms with E-state index in [9.17, 15) is 35.2 Å². The van der Waals surface area contributed by atoms with Crippen molar-refractivity contribution in [3.05, 3.63) is 64.4 Å². The zero-order valence-electron chi connectivity index (χ0n) is 19.1. The maximum absolute atomic E-state index is 13.4. The maximum Gasteiger partial charge on any atom is 0.417 e. The fraction of sp³-hybridized carbons (Fsp3) is 0.273. The van der Waals surface area contributed by atoms with Crippen molar-refractivity contribution in [2.24, 2.45) is 0 Å². The van der Waals surface area contributed by atoms with Gasteiger partial charge in [0, 0.05) is 5.69 Å². The molecule has 1 aliphatic heterocycles. The molecule has 0 saturated heterocycles. The van der Waals surface area contributed by atoms with E-state index in [4.69, 9.17) is 16.3 Å². The number of sulfonamides is 1. The number of aryl methyl sites for hydroxylation is 1. The van der Waals surface area contributed by atoms with Gasteiger partial charge in [-0.05, 0) is 44.2 Å². The number of carbonyl (C=O) groups excluding carboxylic acids is 1. The number of halogens is 6. The lowest BCUT2D eigenvalue weighted by Gasteiger charge is -2.34. The number of rotatable bonds is 5. The number of hydrogen-bond donors (Lipinski definition) is 1. The molecule has 2 aromatic carbocycles. The van der Waals surface area contributed by atoms with Gasteiger partial charge in [0.1, 0.15) is 16.7 Å². The summed E-state index contributed by atoms with van der Waals surface area (Å²) in [5.74, 6) is -1.08. The lowest BCUT2D eigenvalue weighted by molar-refractivity contribution is -0.137. The molecular weight excluding hydrogens is 547 g/mol. The molecule has 2 heterocycles. The smallest absolute Gasteiger partial charge is 0.417 e. The average molecular weight is 565 g/mol. The minimum atomic E-state index is -4.86. The summed E-state index contributed by atoms with van der Waals surface area (Å²) >= 11 is 5.89. The van der Waals surface area contributed by atoms with Crippen LogP contribution in [0.25, 0.3) is 0 Å². The number of alkyl halides is 5. The normalized spacial score (nSPS) is 15.9. The molecule has 15 heteroatoms. The predicted octanol–water partition coefficient (Wildman–Crippen LogP) is 5.49. The Morgan fingerprint density at radius 3 is 2.57 bits per heavy atom. The van der Waals surface area contributed by atoms with Crippen molar-refractivity contribution in [2.75, 3.05) is 16.2 Å². The molecular formula is C22H18ClF5N4O4S. The van der Waals surface area contributed by atoms with Crippen molar-refractivity contribution in [3.8, 4) is 5.75 Å². The molecule has 1 aromatic heterocycles. The molecule has 3 aromatic rings. The topological polar surface area (TPSA) is 93.5 Å². The second-order valence-electron chi connectivity index (χ2n) is 8.10. The van der Waals surface area contributed by atoms with E-state index in [-0.39, 0.29) is 34.0 Å². The van der Waals surface area contributed by atoms with E-state index in [0.29, 0.717) is 12.3 Å². The minimum absolute atomic E-state index is 0.0599. The van der Waals surface area contributed by atoms with Crippen LogP contribution in [0.5, 0.6) is 5.75 Å². The Balaban J connectivity index is 1.73. The van der Waals surface area contributed by atoms with Crippen molar-refractivity contribution in [1.82, 2.24) is 9.78 Å². The van der Waals surface area contributed by atoms with Gasteiger partial charge in [-0.2, -0.15) is 27.1 Å². The van der Waals surface area contributed by atoms with Crippen molar-refractivity contribution >= 4 is 38.9 Å². The van der Waals surface area contributed by atoms with Gasteiger partial charge in [0.2, 0.25) is 0 Å². The number of benzene rings is 2. The van der Waals surface area contributed by atoms with Gasteiger partial charge in [-0.15, -0.1) is 0 Å². The Hall–Kier alpha value is -3.39. The van der Waals surface area contributed by atoms with Gasteiger partial charge in [-0.25, -0.2) is 13.1 Å². The third kappa shape index (κ3) is 5.07. The zero-order valence-corrected chi connectivity index (χ0v) is 20.6. The molecule has 37 heavy (non-hydrogen) atoms. The molecule has 0 radical (unpaired) electrons. The molecule has 1 N–H and O–H groups in total. The highest BCUT2D eigenvalue weighted by Crippen LogP contribution is 2.40. The van der Waals surface area contributed by atoms with Gasteiger partial charge in [-0.1, -0.05) is 17.7 Å².